The molecule has 5 rings (SSSR count). The number of nitrogens with zero attached hydrogens (tertiary/aromatic N) is 3. The Morgan fingerprint density at radius 1 is 1.19 bits per heavy atom. The van der Waals surface area contributed by atoms with Crippen LogP contribution in [-0.4, -0.2) is 22.3 Å². The molecule has 0 radical (unpaired) electrons. The van der Waals surface area contributed by atoms with Crippen LogP contribution in [-0.2, 0) is 0 Å². The fraction of sp³-hybridized carbons (Fsp3) is 0.208. The Kier molecular flexibility index (Phi) is 5.19. The highest BCUT2D eigenvalue weighted by Gasteiger charge is 2.41. The Bertz CT molecular complexity index is 1210. The van der Waals surface area contributed by atoms with Crippen molar-refractivity contribution < 1.29 is 14.4 Å². The SMILES string of the molecule is CCOc1ccc(C2=NN3[C@H](C2)c2ccccc2O[C@H]3c2ccc(Cl)c([N+](=O)[O-])c2)cc1. The van der Waals surface area contributed by atoms with Gasteiger partial charge in [-0.1, -0.05) is 35.9 Å². The van der Waals surface area contributed by atoms with Crippen LogP contribution in [0, 0.1) is 10.1 Å². The molecule has 3 aromatic carbocycles. The molecule has 0 saturated heterocycles. The fourth-order valence-corrected chi connectivity index (χ4v) is 4.35. The number of para-hydroxylation sites is 1. The normalized spacial score (nSPS) is 18.9. The molecule has 0 aromatic heterocycles. The second kappa shape index (κ2) is 8.16. The molecule has 0 fully saturated rings. The first-order chi connectivity index (χ1) is 15.5. The number of fused-ring (bicyclic) bond motifs is 3. The van der Waals surface area contributed by atoms with Crippen LogP contribution >= 0.6 is 11.6 Å². The van der Waals surface area contributed by atoms with Gasteiger partial charge in [-0.25, -0.2) is 5.01 Å². The molecule has 8 heteroatoms. The van der Waals surface area contributed by atoms with E-state index in [0.29, 0.717) is 18.6 Å². The summed E-state index contributed by atoms with van der Waals surface area (Å²) in [6, 6.07) is 20.4. The van der Waals surface area contributed by atoms with Crippen molar-refractivity contribution in [3.63, 3.8) is 0 Å². The van der Waals surface area contributed by atoms with Gasteiger partial charge in [0.15, 0.2) is 0 Å². The van der Waals surface area contributed by atoms with Gasteiger partial charge < -0.3 is 9.47 Å². The summed E-state index contributed by atoms with van der Waals surface area (Å²) in [5.74, 6) is 1.56. The van der Waals surface area contributed by atoms with E-state index >= 15 is 0 Å². The summed E-state index contributed by atoms with van der Waals surface area (Å²) in [6.07, 6.45) is 0.0895. The van der Waals surface area contributed by atoms with Crippen LogP contribution in [0.15, 0.2) is 71.8 Å². The lowest BCUT2D eigenvalue weighted by atomic mass is 9.96. The minimum Gasteiger partial charge on any atom is -0.494 e. The molecule has 0 aliphatic carbocycles. The molecule has 3 aromatic rings. The van der Waals surface area contributed by atoms with Crippen LogP contribution < -0.4 is 9.47 Å². The standard InChI is InChI=1S/C24H20ClN3O4/c1-2-31-17-10-7-15(8-11-17)20-14-21-18-5-3-4-6-23(18)32-24(27(21)26-20)16-9-12-19(25)22(13-16)28(29)30/h3-13,21,24H,2,14H2,1H3/t21-,24+/m1/s1. The van der Waals surface area contributed by atoms with Gasteiger partial charge in [-0.05, 0) is 48.9 Å². The number of nitro benzene ring substituents is 1. The second-order valence-corrected chi connectivity index (χ2v) is 7.99. The summed E-state index contributed by atoms with van der Waals surface area (Å²) in [7, 11) is 0. The molecule has 0 spiro atoms. The minimum atomic E-state index is -0.605. The van der Waals surface area contributed by atoms with Gasteiger partial charge in [0.1, 0.15) is 16.5 Å². The quantitative estimate of drug-likeness (QED) is 0.358. The summed E-state index contributed by atoms with van der Waals surface area (Å²) in [4.78, 5) is 10.9. The van der Waals surface area contributed by atoms with Crippen LogP contribution in [0.5, 0.6) is 11.5 Å². The Morgan fingerprint density at radius 3 is 2.72 bits per heavy atom. The first kappa shape index (κ1) is 20.3. The Labute approximate surface area is 190 Å². The van der Waals surface area contributed by atoms with Crippen molar-refractivity contribution in [3.8, 4) is 11.5 Å². The lowest BCUT2D eigenvalue weighted by Crippen LogP contribution is -2.33. The second-order valence-electron chi connectivity index (χ2n) is 7.58. The average Bonchev–Trinajstić information content (AvgIpc) is 3.25. The monoisotopic (exact) mass is 449 g/mol. The van der Waals surface area contributed by atoms with Crippen molar-refractivity contribution in [1.29, 1.82) is 0 Å². The van der Waals surface area contributed by atoms with Crippen LogP contribution in [0.1, 0.15) is 42.3 Å². The Morgan fingerprint density at radius 2 is 1.97 bits per heavy atom. The van der Waals surface area contributed by atoms with Gasteiger partial charge in [0.2, 0.25) is 6.23 Å². The number of nitro groups is 1. The Balaban J connectivity index is 1.55. The van der Waals surface area contributed by atoms with E-state index in [-0.39, 0.29) is 16.8 Å². The van der Waals surface area contributed by atoms with Crippen molar-refractivity contribution in [3.05, 3.63) is 98.6 Å². The third-order valence-corrected chi connectivity index (χ3v) is 5.97. The van der Waals surface area contributed by atoms with Gasteiger partial charge >= 0.3 is 0 Å². The summed E-state index contributed by atoms with van der Waals surface area (Å²) >= 11 is 6.03. The lowest BCUT2D eigenvalue weighted by Gasteiger charge is -2.38. The van der Waals surface area contributed by atoms with Crippen molar-refractivity contribution in [1.82, 2.24) is 5.01 Å². The highest BCUT2D eigenvalue weighted by Crippen LogP contribution is 2.48. The molecule has 0 saturated carbocycles. The molecular weight excluding hydrogens is 430 g/mol. The molecule has 2 atom stereocenters. The largest absolute Gasteiger partial charge is 0.494 e. The molecule has 32 heavy (non-hydrogen) atoms. The van der Waals surface area contributed by atoms with Crippen LogP contribution in [0.3, 0.4) is 0 Å². The molecule has 2 aliphatic heterocycles. The van der Waals surface area contributed by atoms with Gasteiger partial charge in [-0.2, -0.15) is 5.10 Å². The molecule has 2 heterocycles. The molecule has 0 N–H and O–H groups in total. The predicted octanol–water partition coefficient (Wildman–Crippen LogP) is 5.89. The van der Waals surface area contributed by atoms with Gasteiger partial charge in [0.05, 0.1) is 23.3 Å². The maximum atomic E-state index is 11.4. The number of ether oxygens (including phenoxy) is 2. The fourth-order valence-electron chi connectivity index (χ4n) is 4.16. The molecule has 0 bridgehead atoms. The van der Waals surface area contributed by atoms with E-state index < -0.39 is 11.2 Å². The predicted molar refractivity (Wildman–Crippen MR) is 121 cm³/mol. The zero-order valence-corrected chi connectivity index (χ0v) is 18.0. The summed E-state index contributed by atoms with van der Waals surface area (Å²) in [5, 5.41) is 18.3. The zero-order chi connectivity index (χ0) is 22.2. The van der Waals surface area contributed by atoms with Crippen LogP contribution in [0.4, 0.5) is 5.69 Å². The summed E-state index contributed by atoms with van der Waals surface area (Å²) in [5.41, 5.74) is 3.43. The number of rotatable bonds is 5. The smallest absolute Gasteiger partial charge is 0.288 e. The molecule has 0 unspecified atom stereocenters. The van der Waals surface area contributed by atoms with Crippen LogP contribution in [0.2, 0.25) is 5.02 Å². The number of halogens is 1. The van der Waals surface area contributed by atoms with Crippen molar-refractivity contribution >= 4 is 23.0 Å². The maximum absolute atomic E-state index is 11.4. The van der Waals surface area contributed by atoms with E-state index in [4.69, 9.17) is 26.2 Å². The van der Waals surface area contributed by atoms with E-state index in [1.165, 1.54) is 12.1 Å². The van der Waals surface area contributed by atoms with Crippen molar-refractivity contribution in [2.75, 3.05) is 6.61 Å². The van der Waals surface area contributed by atoms with Gasteiger partial charge in [0.25, 0.3) is 5.69 Å². The number of hydrogen-bond acceptors (Lipinski definition) is 6. The number of benzene rings is 3. The summed E-state index contributed by atoms with van der Waals surface area (Å²) in [6.45, 7) is 2.56. The summed E-state index contributed by atoms with van der Waals surface area (Å²) < 4.78 is 11.8. The van der Waals surface area contributed by atoms with Crippen molar-refractivity contribution in [2.45, 2.75) is 25.6 Å². The molecule has 162 valence electrons. The van der Waals surface area contributed by atoms with E-state index in [1.54, 1.807) is 6.07 Å². The molecular formula is C24H20ClN3O4. The third-order valence-electron chi connectivity index (χ3n) is 5.65. The first-order valence-electron chi connectivity index (χ1n) is 10.3. The molecule has 7 nitrogen and oxygen atoms in total. The van der Waals surface area contributed by atoms with E-state index in [2.05, 4.69) is 0 Å². The van der Waals surface area contributed by atoms with Crippen molar-refractivity contribution in [2.24, 2.45) is 5.10 Å². The van der Waals surface area contributed by atoms with E-state index in [0.717, 1.165) is 28.3 Å². The zero-order valence-electron chi connectivity index (χ0n) is 17.3. The lowest BCUT2D eigenvalue weighted by molar-refractivity contribution is -0.384. The van der Waals surface area contributed by atoms with Gasteiger partial charge in [-0.3, -0.25) is 10.1 Å². The Hall–Kier alpha value is -3.58. The average molecular weight is 450 g/mol. The minimum absolute atomic E-state index is 0.0405. The maximum Gasteiger partial charge on any atom is 0.288 e. The molecule has 2 aliphatic rings. The van der Waals surface area contributed by atoms with Gasteiger partial charge in [0, 0.05) is 23.6 Å². The third kappa shape index (κ3) is 3.54. The first-order valence-corrected chi connectivity index (χ1v) is 10.7. The number of hydrogen-bond donors (Lipinski definition) is 0. The number of hydrazone groups is 1. The highest BCUT2D eigenvalue weighted by molar-refractivity contribution is 6.32. The van der Waals surface area contributed by atoms with E-state index in [1.807, 2.05) is 60.5 Å². The van der Waals surface area contributed by atoms with Gasteiger partial charge in [-0.15, -0.1) is 0 Å². The highest BCUT2D eigenvalue weighted by atomic mass is 35.5. The van der Waals surface area contributed by atoms with E-state index in [9.17, 15) is 10.1 Å². The topological polar surface area (TPSA) is 77.2 Å². The van der Waals surface area contributed by atoms with Crippen LogP contribution in [0.25, 0.3) is 0 Å². The molecule has 0 amide bonds.